The Morgan fingerprint density at radius 1 is 1.06 bits per heavy atom. The fraction of sp³-hybridized carbons (Fsp3) is 0.440. The number of carbonyl (C=O) groups excluding carboxylic acids is 1. The van der Waals surface area contributed by atoms with Crippen molar-refractivity contribution in [2.45, 2.75) is 51.6 Å². The number of amides is 1. The molecular formula is C25H27F2N3O2. The van der Waals surface area contributed by atoms with Gasteiger partial charge in [-0.1, -0.05) is 18.2 Å². The van der Waals surface area contributed by atoms with Crippen LogP contribution in [0.4, 0.5) is 8.78 Å². The highest BCUT2D eigenvalue weighted by molar-refractivity contribution is 5.81. The molecule has 0 bridgehead atoms. The molecule has 2 fully saturated rings. The van der Waals surface area contributed by atoms with E-state index in [9.17, 15) is 13.6 Å². The lowest BCUT2D eigenvalue weighted by Gasteiger charge is -2.32. The van der Waals surface area contributed by atoms with E-state index in [1.54, 1.807) is 0 Å². The first kappa shape index (κ1) is 21.1. The van der Waals surface area contributed by atoms with Crippen molar-refractivity contribution in [3.8, 4) is 0 Å². The van der Waals surface area contributed by atoms with Gasteiger partial charge in [-0.3, -0.25) is 14.3 Å². The van der Waals surface area contributed by atoms with Gasteiger partial charge in [0, 0.05) is 30.3 Å². The van der Waals surface area contributed by atoms with Crippen molar-refractivity contribution in [2.24, 2.45) is 11.8 Å². The molecule has 1 saturated heterocycles. The molecule has 3 aromatic rings. The summed E-state index contributed by atoms with van der Waals surface area (Å²) in [6, 6.07) is 11.2. The molecule has 5 nitrogen and oxygen atoms in total. The smallest absolute Gasteiger partial charge is 0.249 e. The molecule has 2 aliphatic rings. The van der Waals surface area contributed by atoms with Crippen LogP contribution in [0.1, 0.15) is 49.4 Å². The van der Waals surface area contributed by atoms with Crippen LogP contribution in [0, 0.1) is 30.4 Å². The minimum absolute atomic E-state index is 0.0731. The number of hydrogen-bond acceptors (Lipinski definition) is 3. The predicted molar refractivity (Wildman–Crippen MR) is 116 cm³/mol. The van der Waals surface area contributed by atoms with E-state index in [4.69, 9.17) is 9.94 Å². The summed E-state index contributed by atoms with van der Waals surface area (Å²) in [5.74, 6) is -1.01. The molecule has 2 heterocycles. The first-order valence-corrected chi connectivity index (χ1v) is 11.3. The van der Waals surface area contributed by atoms with Crippen molar-refractivity contribution in [2.75, 3.05) is 6.61 Å². The number of para-hydroxylation sites is 1. The summed E-state index contributed by atoms with van der Waals surface area (Å²) in [6.07, 6.45) is 3.99. The van der Waals surface area contributed by atoms with Crippen LogP contribution in [0.5, 0.6) is 0 Å². The second-order valence-corrected chi connectivity index (χ2v) is 9.01. The standard InChI is InChI=1S/C25H27F2N3O2/c1-16-22-4-2-3-5-24(22)29(28-16)15-17-6-8-18(9-7-17)25(31)30-23(10-11-32-30)19-12-20(26)14-21(27)13-19/h2-5,12-14,17-18,23H,6-11,15H2,1H3/t17?,18?,23-/m0/s1. The SMILES string of the molecule is Cc1nn(CC2CCC(C(=O)N3OCC[C@H]3c3cc(F)cc(F)c3)CC2)c2ccccc12. The number of hydrogen-bond donors (Lipinski definition) is 0. The third-order valence-corrected chi connectivity index (χ3v) is 6.86. The van der Waals surface area contributed by atoms with Gasteiger partial charge in [0.2, 0.25) is 5.91 Å². The van der Waals surface area contributed by atoms with Gasteiger partial charge >= 0.3 is 0 Å². The van der Waals surface area contributed by atoms with Gasteiger partial charge in [0.1, 0.15) is 11.6 Å². The summed E-state index contributed by atoms with van der Waals surface area (Å²) in [5, 5.41) is 7.27. The maximum atomic E-state index is 13.7. The molecule has 0 spiro atoms. The van der Waals surface area contributed by atoms with E-state index in [2.05, 4.69) is 16.8 Å². The highest BCUT2D eigenvalue weighted by Crippen LogP contribution is 2.37. The van der Waals surface area contributed by atoms with Gasteiger partial charge in [-0.05, 0) is 62.3 Å². The quantitative estimate of drug-likeness (QED) is 0.552. The fourth-order valence-electron chi connectivity index (χ4n) is 5.21. The monoisotopic (exact) mass is 439 g/mol. The average molecular weight is 440 g/mol. The molecular weight excluding hydrogens is 412 g/mol. The first-order chi connectivity index (χ1) is 15.5. The Kier molecular flexibility index (Phi) is 5.67. The van der Waals surface area contributed by atoms with Crippen LogP contribution in [-0.2, 0) is 16.2 Å². The number of halogens is 2. The van der Waals surface area contributed by atoms with E-state index in [-0.39, 0.29) is 11.8 Å². The Morgan fingerprint density at radius 3 is 2.53 bits per heavy atom. The number of aryl methyl sites for hydroxylation is 1. The van der Waals surface area contributed by atoms with Crippen molar-refractivity contribution in [3.63, 3.8) is 0 Å². The Balaban J connectivity index is 1.23. The molecule has 168 valence electrons. The van der Waals surface area contributed by atoms with Crippen molar-refractivity contribution >= 4 is 16.8 Å². The predicted octanol–water partition coefficient (Wildman–Crippen LogP) is 5.33. The van der Waals surface area contributed by atoms with E-state index in [0.29, 0.717) is 24.5 Å². The van der Waals surface area contributed by atoms with Crippen molar-refractivity contribution in [1.82, 2.24) is 14.8 Å². The Bertz CT molecular complexity index is 1120. The van der Waals surface area contributed by atoms with Gasteiger partial charge in [-0.25, -0.2) is 13.8 Å². The Morgan fingerprint density at radius 2 is 1.78 bits per heavy atom. The number of hydroxylamine groups is 2. The normalized spacial score (nSPS) is 23.7. The molecule has 0 radical (unpaired) electrons. The number of rotatable bonds is 4. The lowest BCUT2D eigenvalue weighted by molar-refractivity contribution is -0.183. The van der Waals surface area contributed by atoms with E-state index < -0.39 is 17.7 Å². The minimum Gasteiger partial charge on any atom is -0.272 e. The van der Waals surface area contributed by atoms with Gasteiger partial charge in [0.05, 0.1) is 23.9 Å². The van der Waals surface area contributed by atoms with Crippen LogP contribution < -0.4 is 0 Å². The van der Waals surface area contributed by atoms with Crippen LogP contribution >= 0.6 is 0 Å². The second kappa shape index (κ2) is 8.62. The molecule has 5 rings (SSSR count). The van der Waals surface area contributed by atoms with Crippen LogP contribution in [0.2, 0.25) is 0 Å². The number of benzene rings is 2. The molecule has 1 saturated carbocycles. The molecule has 1 amide bonds. The average Bonchev–Trinajstić information content (AvgIpc) is 3.39. The van der Waals surface area contributed by atoms with Crippen LogP contribution in [0.3, 0.4) is 0 Å². The molecule has 0 N–H and O–H groups in total. The molecule has 7 heteroatoms. The molecule has 1 aromatic heterocycles. The van der Waals surface area contributed by atoms with E-state index in [0.717, 1.165) is 49.5 Å². The first-order valence-electron chi connectivity index (χ1n) is 11.3. The van der Waals surface area contributed by atoms with E-state index >= 15 is 0 Å². The zero-order chi connectivity index (χ0) is 22.2. The highest BCUT2D eigenvalue weighted by Gasteiger charge is 2.37. The maximum absolute atomic E-state index is 13.7. The zero-order valence-electron chi connectivity index (χ0n) is 18.1. The molecule has 2 aromatic carbocycles. The third-order valence-electron chi connectivity index (χ3n) is 6.86. The number of nitrogens with zero attached hydrogens (tertiary/aromatic N) is 3. The number of fused-ring (bicyclic) bond motifs is 1. The lowest BCUT2D eigenvalue weighted by atomic mass is 9.81. The summed E-state index contributed by atoms with van der Waals surface area (Å²) in [6.45, 7) is 3.25. The van der Waals surface area contributed by atoms with Crippen molar-refractivity contribution in [1.29, 1.82) is 0 Å². The summed E-state index contributed by atoms with van der Waals surface area (Å²) in [7, 11) is 0. The van der Waals surface area contributed by atoms with Crippen LogP contribution in [0.15, 0.2) is 42.5 Å². The van der Waals surface area contributed by atoms with Gasteiger partial charge in [-0.15, -0.1) is 0 Å². The zero-order valence-corrected chi connectivity index (χ0v) is 18.1. The van der Waals surface area contributed by atoms with Gasteiger partial charge in [0.15, 0.2) is 0 Å². The minimum atomic E-state index is -0.638. The van der Waals surface area contributed by atoms with Crippen LogP contribution in [-0.4, -0.2) is 27.4 Å². The largest absolute Gasteiger partial charge is 0.272 e. The molecule has 32 heavy (non-hydrogen) atoms. The van der Waals surface area contributed by atoms with E-state index in [1.165, 1.54) is 22.6 Å². The fourth-order valence-corrected chi connectivity index (χ4v) is 5.21. The number of carbonyl (C=O) groups is 1. The van der Waals surface area contributed by atoms with Crippen molar-refractivity contribution < 1.29 is 18.4 Å². The summed E-state index contributed by atoms with van der Waals surface area (Å²) >= 11 is 0. The van der Waals surface area contributed by atoms with Crippen molar-refractivity contribution in [3.05, 3.63) is 65.4 Å². The Hall–Kier alpha value is -2.80. The maximum Gasteiger partial charge on any atom is 0.249 e. The molecule has 1 aliphatic carbocycles. The second-order valence-electron chi connectivity index (χ2n) is 9.01. The highest BCUT2D eigenvalue weighted by atomic mass is 19.1. The van der Waals surface area contributed by atoms with E-state index in [1.807, 2.05) is 19.1 Å². The molecule has 0 unspecified atom stereocenters. The van der Waals surface area contributed by atoms with Gasteiger partial charge in [-0.2, -0.15) is 5.10 Å². The third kappa shape index (κ3) is 4.01. The summed E-state index contributed by atoms with van der Waals surface area (Å²) in [5.41, 5.74) is 2.64. The lowest BCUT2D eigenvalue weighted by Crippen LogP contribution is -2.37. The summed E-state index contributed by atoms with van der Waals surface area (Å²) in [4.78, 5) is 18.8. The topological polar surface area (TPSA) is 47.4 Å². The van der Waals surface area contributed by atoms with Crippen LogP contribution in [0.25, 0.3) is 10.9 Å². The number of aromatic nitrogens is 2. The molecule has 1 aliphatic heterocycles. The van der Waals surface area contributed by atoms with Gasteiger partial charge in [0.25, 0.3) is 0 Å². The Labute approximate surface area is 185 Å². The van der Waals surface area contributed by atoms with Gasteiger partial charge < -0.3 is 0 Å². The molecule has 1 atom stereocenters. The summed E-state index contributed by atoms with van der Waals surface area (Å²) < 4.78 is 29.5.